The summed E-state index contributed by atoms with van der Waals surface area (Å²) in [6.07, 6.45) is 1.54. The van der Waals surface area contributed by atoms with Crippen LogP contribution in [0.25, 0.3) is 0 Å². The van der Waals surface area contributed by atoms with Crippen molar-refractivity contribution in [1.82, 2.24) is 4.90 Å². The number of carbonyl (C=O) groups excluding carboxylic acids is 1. The lowest BCUT2D eigenvalue weighted by Crippen LogP contribution is -2.47. The first-order chi connectivity index (χ1) is 6.87. The first-order valence-electron chi connectivity index (χ1n) is 5.64. The van der Waals surface area contributed by atoms with Gasteiger partial charge in [0.25, 0.3) is 0 Å². The summed E-state index contributed by atoms with van der Waals surface area (Å²) in [6, 6.07) is -0.427. The normalized spacial score (nSPS) is 30.3. The molecule has 1 aliphatic rings. The zero-order chi connectivity index (χ0) is 11.6. The molecule has 0 spiro atoms. The van der Waals surface area contributed by atoms with Crippen LogP contribution in [0.3, 0.4) is 0 Å². The molecule has 0 aromatic carbocycles. The van der Waals surface area contributed by atoms with Crippen molar-refractivity contribution in [2.24, 2.45) is 11.7 Å². The molecule has 15 heavy (non-hydrogen) atoms. The molecule has 4 nitrogen and oxygen atoms in total. The Labute approximate surface area is 91.4 Å². The maximum absolute atomic E-state index is 11.9. The van der Waals surface area contributed by atoms with Gasteiger partial charge in [-0.25, -0.2) is 0 Å². The second-order valence-corrected chi connectivity index (χ2v) is 4.92. The van der Waals surface area contributed by atoms with Crippen molar-refractivity contribution in [2.75, 3.05) is 13.1 Å². The molecule has 2 unspecified atom stereocenters. The van der Waals surface area contributed by atoms with Gasteiger partial charge in [-0.15, -0.1) is 0 Å². The van der Waals surface area contributed by atoms with E-state index in [1.165, 1.54) is 0 Å². The molecule has 3 N–H and O–H groups in total. The molecule has 1 fully saturated rings. The van der Waals surface area contributed by atoms with Crippen molar-refractivity contribution in [3.8, 4) is 0 Å². The van der Waals surface area contributed by atoms with Crippen LogP contribution in [-0.2, 0) is 4.79 Å². The fraction of sp³-hybridized carbons (Fsp3) is 0.909. The summed E-state index contributed by atoms with van der Waals surface area (Å²) in [5.74, 6) is 0.171. The quantitative estimate of drug-likeness (QED) is 0.712. The fourth-order valence-corrected chi connectivity index (χ4v) is 1.84. The van der Waals surface area contributed by atoms with E-state index in [1.54, 1.807) is 11.8 Å². The smallest absolute Gasteiger partial charge is 0.239 e. The maximum Gasteiger partial charge on any atom is 0.239 e. The van der Waals surface area contributed by atoms with Crippen molar-refractivity contribution in [1.29, 1.82) is 0 Å². The number of β-amino-alcohol motifs (C(OH)–C–C–N with tert-alkyl or cyclic N) is 1. The highest BCUT2D eigenvalue weighted by atomic mass is 16.3. The number of aliphatic hydroxyl groups is 1. The lowest BCUT2D eigenvalue weighted by atomic mass is 9.99. The molecule has 4 heteroatoms. The second-order valence-electron chi connectivity index (χ2n) is 4.92. The third-order valence-corrected chi connectivity index (χ3v) is 3.31. The minimum atomic E-state index is -0.731. The lowest BCUT2D eigenvalue weighted by Gasteiger charge is -2.25. The number of hydrogen-bond donors (Lipinski definition) is 2. The number of carbonyl (C=O) groups is 1. The van der Waals surface area contributed by atoms with Crippen LogP contribution < -0.4 is 5.73 Å². The third-order valence-electron chi connectivity index (χ3n) is 3.31. The Balaban J connectivity index is 2.55. The third kappa shape index (κ3) is 2.92. The Bertz CT molecular complexity index is 241. The highest BCUT2D eigenvalue weighted by Gasteiger charge is 2.36. The van der Waals surface area contributed by atoms with Gasteiger partial charge < -0.3 is 15.7 Å². The highest BCUT2D eigenvalue weighted by molar-refractivity contribution is 5.82. The molecule has 0 saturated carbocycles. The SMILES string of the molecule is CCC(C)[C@H](N)C(=O)N1CCC(C)(O)C1. The van der Waals surface area contributed by atoms with E-state index >= 15 is 0 Å². The largest absolute Gasteiger partial charge is 0.388 e. The zero-order valence-corrected chi connectivity index (χ0v) is 9.86. The molecule has 0 aliphatic carbocycles. The highest BCUT2D eigenvalue weighted by Crippen LogP contribution is 2.21. The number of nitrogens with zero attached hydrogens (tertiary/aromatic N) is 1. The molecule has 0 aromatic heterocycles. The number of rotatable bonds is 3. The van der Waals surface area contributed by atoms with Crippen molar-refractivity contribution >= 4 is 5.91 Å². The van der Waals surface area contributed by atoms with Gasteiger partial charge in [0.15, 0.2) is 0 Å². The van der Waals surface area contributed by atoms with Crippen LogP contribution in [-0.4, -0.2) is 40.6 Å². The minimum Gasteiger partial charge on any atom is -0.388 e. The van der Waals surface area contributed by atoms with Gasteiger partial charge in [0.2, 0.25) is 5.91 Å². The molecule has 0 radical (unpaired) electrons. The fourth-order valence-electron chi connectivity index (χ4n) is 1.84. The van der Waals surface area contributed by atoms with Crippen molar-refractivity contribution in [3.63, 3.8) is 0 Å². The standard InChI is InChI=1S/C11H22N2O2/c1-4-8(2)9(12)10(14)13-6-5-11(3,15)7-13/h8-9,15H,4-7,12H2,1-3H3/t8?,9-,11?/m0/s1. The van der Waals surface area contributed by atoms with E-state index in [0.29, 0.717) is 19.5 Å². The van der Waals surface area contributed by atoms with Crippen LogP contribution in [0.15, 0.2) is 0 Å². The van der Waals surface area contributed by atoms with E-state index in [2.05, 4.69) is 0 Å². The van der Waals surface area contributed by atoms with E-state index in [1.807, 2.05) is 13.8 Å². The first-order valence-corrected chi connectivity index (χ1v) is 5.64. The summed E-state index contributed by atoms with van der Waals surface area (Å²) in [5, 5.41) is 9.76. The van der Waals surface area contributed by atoms with Crippen LogP contribution in [0.4, 0.5) is 0 Å². The molecular formula is C11H22N2O2. The average Bonchev–Trinajstić information content (AvgIpc) is 2.55. The summed E-state index contributed by atoms with van der Waals surface area (Å²) in [5.41, 5.74) is 5.14. The number of nitrogens with two attached hydrogens (primary N) is 1. The Morgan fingerprint density at radius 2 is 2.27 bits per heavy atom. The summed E-state index contributed by atoms with van der Waals surface area (Å²) in [4.78, 5) is 13.6. The monoisotopic (exact) mass is 214 g/mol. The van der Waals surface area contributed by atoms with Crippen LogP contribution in [0.1, 0.15) is 33.6 Å². The van der Waals surface area contributed by atoms with E-state index < -0.39 is 11.6 Å². The molecule has 1 heterocycles. The van der Waals surface area contributed by atoms with Gasteiger partial charge in [-0.2, -0.15) is 0 Å². The number of hydrogen-bond acceptors (Lipinski definition) is 3. The first kappa shape index (κ1) is 12.5. The van der Waals surface area contributed by atoms with Gasteiger partial charge in [0.05, 0.1) is 11.6 Å². The summed E-state index contributed by atoms with van der Waals surface area (Å²) < 4.78 is 0. The van der Waals surface area contributed by atoms with Gasteiger partial charge in [-0.3, -0.25) is 4.79 Å². The Kier molecular flexibility index (Phi) is 3.73. The van der Waals surface area contributed by atoms with Crippen LogP contribution in [0.2, 0.25) is 0 Å². The molecule has 3 atom stereocenters. The Morgan fingerprint density at radius 3 is 2.67 bits per heavy atom. The second kappa shape index (κ2) is 4.49. The summed E-state index contributed by atoms with van der Waals surface area (Å²) in [6.45, 7) is 6.80. The molecular weight excluding hydrogens is 192 g/mol. The van der Waals surface area contributed by atoms with Crippen molar-refractivity contribution in [3.05, 3.63) is 0 Å². The predicted molar refractivity (Wildman–Crippen MR) is 59.3 cm³/mol. The van der Waals surface area contributed by atoms with Crippen molar-refractivity contribution < 1.29 is 9.90 Å². The molecule has 1 rings (SSSR count). The maximum atomic E-state index is 11.9. The molecule has 1 aliphatic heterocycles. The van der Waals surface area contributed by atoms with Gasteiger partial charge in [0.1, 0.15) is 0 Å². The lowest BCUT2D eigenvalue weighted by molar-refractivity contribution is -0.133. The topological polar surface area (TPSA) is 66.6 Å². The minimum absolute atomic E-state index is 0.0258. The summed E-state index contributed by atoms with van der Waals surface area (Å²) in [7, 11) is 0. The van der Waals surface area contributed by atoms with E-state index in [9.17, 15) is 9.90 Å². The van der Waals surface area contributed by atoms with Crippen molar-refractivity contribution in [2.45, 2.75) is 45.3 Å². The van der Waals surface area contributed by atoms with Gasteiger partial charge in [-0.1, -0.05) is 20.3 Å². The molecule has 1 amide bonds. The average molecular weight is 214 g/mol. The van der Waals surface area contributed by atoms with Gasteiger partial charge >= 0.3 is 0 Å². The van der Waals surface area contributed by atoms with Crippen LogP contribution in [0.5, 0.6) is 0 Å². The van der Waals surface area contributed by atoms with Gasteiger partial charge in [-0.05, 0) is 19.3 Å². The molecule has 0 aromatic rings. The molecule has 88 valence electrons. The Hall–Kier alpha value is -0.610. The number of likely N-dealkylation sites (tertiary alicyclic amines) is 1. The number of amides is 1. The molecule has 0 bridgehead atoms. The Morgan fingerprint density at radius 1 is 1.67 bits per heavy atom. The van der Waals surface area contributed by atoms with Crippen LogP contribution in [0, 0.1) is 5.92 Å². The summed E-state index contributed by atoms with van der Waals surface area (Å²) >= 11 is 0. The predicted octanol–water partition coefficient (Wildman–Crippen LogP) is 0.343. The molecule has 1 saturated heterocycles. The van der Waals surface area contributed by atoms with Gasteiger partial charge in [0, 0.05) is 13.1 Å². The van der Waals surface area contributed by atoms with E-state index in [0.717, 1.165) is 6.42 Å². The van der Waals surface area contributed by atoms with Crippen LogP contribution >= 0.6 is 0 Å². The van der Waals surface area contributed by atoms with E-state index in [4.69, 9.17) is 5.73 Å². The zero-order valence-electron chi connectivity index (χ0n) is 9.86. The van der Waals surface area contributed by atoms with E-state index in [-0.39, 0.29) is 11.8 Å².